The number of rotatable bonds is 4. The van der Waals surface area contributed by atoms with Crippen molar-refractivity contribution in [3.05, 3.63) is 23.8 Å². The number of carbonyl (C=O) groups excluding carboxylic acids is 1. The number of anilines is 1. The SMILES string of the molecule is CCN(CC)c1ccc(C)c(OC(=O)NC)c1.CI. The topological polar surface area (TPSA) is 41.6 Å². The van der Waals surface area contributed by atoms with Gasteiger partial charge < -0.3 is 15.0 Å². The van der Waals surface area contributed by atoms with E-state index >= 15 is 0 Å². The van der Waals surface area contributed by atoms with Gasteiger partial charge in [-0.25, -0.2) is 4.79 Å². The van der Waals surface area contributed by atoms with E-state index in [4.69, 9.17) is 4.74 Å². The van der Waals surface area contributed by atoms with Crippen LogP contribution < -0.4 is 15.0 Å². The van der Waals surface area contributed by atoms with Crippen LogP contribution in [0, 0.1) is 6.92 Å². The lowest BCUT2D eigenvalue weighted by molar-refractivity contribution is 0.202. The van der Waals surface area contributed by atoms with E-state index in [1.807, 2.05) is 30.1 Å². The van der Waals surface area contributed by atoms with Crippen molar-refractivity contribution >= 4 is 34.4 Å². The fourth-order valence-corrected chi connectivity index (χ4v) is 1.64. The van der Waals surface area contributed by atoms with Crippen molar-refractivity contribution in [1.82, 2.24) is 5.32 Å². The second kappa shape index (κ2) is 9.89. The molecule has 19 heavy (non-hydrogen) atoms. The Labute approximate surface area is 129 Å². The highest BCUT2D eigenvalue weighted by Crippen LogP contribution is 2.25. The first-order valence-electron chi connectivity index (χ1n) is 6.25. The van der Waals surface area contributed by atoms with Crippen LogP contribution in [-0.4, -0.2) is 31.2 Å². The van der Waals surface area contributed by atoms with Crippen LogP contribution in [-0.2, 0) is 0 Å². The Bertz CT molecular complexity index is 393. The number of halogens is 1. The predicted octanol–water partition coefficient (Wildman–Crippen LogP) is 3.61. The van der Waals surface area contributed by atoms with Crippen molar-refractivity contribution in [3.8, 4) is 5.75 Å². The lowest BCUT2D eigenvalue weighted by atomic mass is 10.2. The standard InChI is InChI=1S/C13H20N2O2.CH3I/c1-5-15(6-2)11-8-7-10(3)12(9-11)17-13(16)14-4;1-2/h7-9H,5-6H2,1-4H3,(H,14,16);1H3. The first-order chi connectivity index (χ1) is 9.12. The molecule has 0 atom stereocenters. The van der Waals surface area contributed by atoms with E-state index in [1.165, 1.54) is 0 Å². The van der Waals surface area contributed by atoms with Gasteiger partial charge in [-0.2, -0.15) is 0 Å². The second-order valence-corrected chi connectivity index (χ2v) is 3.76. The first kappa shape index (κ1) is 18.0. The molecule has 0 unspecified atom stereocenters. The van der Waals surface area contributed by atoms with E-state index in [9.17, 15) is 4.79 Å². The molecular weight excluding hydrogens is 355 g/mol. The van der Waals surface area contributed by atoms with Gasteiger partial charge >= 0.3 is 6.09 Å². The molecule has 1 aromatic carbocycles. The fourth-order valence-electron chi connectivity index (χ4n) is 1.64. The van der Waals surface area contributed by atoms with Crippen LogP contribution in [0.3, 0.4) is 0 Å². The third-order valence-electron chi connectivity index (χ3n) is 2.71. The molecular formula is C14H23IN2O2. The summed E-state index contributed by atoms with van der Waals surface area (Å²) < 4.78 is 5.20. The third kappa shape index (κ3) is 5.67. The van der Waals surface area contributed by atoms with E-state index in [-0.39, 0.29) is 0 Å². The fraction of sp³-hybridized carbons (Fsp3) is 0.500. The Morgan fingerprint density at radius 3 is 2.37 bits per heavy atom. The smallest absolute Gasteiger partial charge is 0.410 e. The van der Waals surface area contributed by atoms with Crippen molar-refractivity contribution in [2.24, 2.45) is 0 Å². The summed E-state index contributed by atoms with van der Waals surface area (Å²) in [6.45, 7) is 7.98. The van der Waals surface area contributed by atoms with E-state index in [0.29, 0.717) is 5.75 Å². The second-order valence-electron chi connectivity index (χ2n) is 3.76. The number of nitrogens with one attached hydrogen (secondary N) is 1. The zero-order valence-corrected chi connectivity index (χ0v) is 14.4. The minimum atomic E-state index is -0.440. The van der Waals surface area contributed by atoms with Gasteiger partial charge in [-0.15, -0.1) is 0 Å². The predicted molar refractivity (Wildman–Crippen MR) is 89.8 cm³/mol. The number of benzene rings is 1. The van der Waals surface area contributed by atoms with Gasteiger partial charge in [-0.3, -0.25) is 0 Å². The summed E-state index contributed by atoms with van der Waals surface area (Å²) >= 11 is 2.15. The molecule has 0 aliphatic heterocycles. The summed E-state index contributed by atoms with van der Waals surface area (Å²) in [5.41, 5.74) is 2.02. The van der Waals surface area contributed by atoms with Crippen LogP contribution in [0.15, 0.2) is 18.2 Å². The Morgan fingerprint density at radius 1 is 1.32 bits per heavy atom. The maximum Gasteiger partial charge on any atom is 0.412 e. The average molecular weight is 378 g/mol. The molecule has 108 valence electrons. The normalized spacial score (nSPS) is 9.16. The lowest BCUT2D eigenvalue weighted by Gasteiger charge is -2.22. The zero-order valence-electron chi connectivity index (χ0n) is 12.3. The Morgan fingerprint density at radius 2 is 1.89 bits per heavy atom. The van der Waals surface area contributed by atoms with E-state index in [1.54, 1.807) is 7.05 Å². The van der Waals surface area contributed by atoms with Gasteiger partial charge in [0.2, 0.25) is 0 Å². The number of nitrogens with zero attached hydrogens (tertiary/aromatic N) is 1. The van der Waals surface area contributed by atoms with Crippen LogP contribution in [0.2, 0.25) is 0 Å². The minimum absolute atomic E-state index is 0.440. The van der Waals surface area contributed by atoms with Crippen molar-refractivity contribution in [2.45, 2.75) is 20.8 Å². The van der Waals surface area contributed by atoms with Gasteiger partial charge in [-0.05, 0) is 37.3 Å². The highest BCUT2D eigenvalue weighted by molar-refractivity contribution is 14.1. The summed E-state index contributed by atoms with van der Waals surface area (Å²) in [6.07, 6.45) is -0.440. The zero-order chi connectivity index (χ0) is 14.8. The molecule has 4 nitrogen and oxygen atoms in total. The van der Waals surface area contributed by atoms with Crippen LogP contribution in [0.4, 0.5) is 10.5 Å². The third-order valence-corrected chi connectivity index (χ3v) is 2.71. The molecule has 1 N–H and O–H groups in total. The Hall–Kier alpha value is -0.980. The molecule has 0 aromatic heterocycles. The van der Waals surface area contributed by atoms with Gasteiger partial charge in [-0.1, -0.05) is 28.7 Å². The Balaban J connectivity index is 0.00000154. The maximum atomic E-state index is 11.2. The van der Waals surface area contributed by atoms with Crippen molar-refractivity contribution in [3.63, 3.8) is 0 Å². The summed E-state index contributed by atoms with van der Waals surface area (Å²) in [5, 5.41) is 2.44. The molecule has 0 fully saturated rings. The number of hydrogen-bond donors (Lipinski definition) is 1. The summed E-state index contributed by atoms with van der Waals surface area (Å²) in [5.74, 6) is 0.605. The van der Waals surface area contributed by atoms with E-state index in [0.717, 1.165) is 24.3 Å². The number of amides is 1. The summed E-state index contributed by atoms with van der Waals surface area (Å²) in [7, 11) is 1.55. The maximum absolute atomic E-state index is 11.2. The highest BCUT2D eigenvalue weighted by Gasteiger charge is 2.08. The van der Waals surface area contributed by atoms with Gasteiger partial charge in [0.1, 0.15) is 5.75 Å². The van der Waals surface area contributed by atoms with Crippen LogP contribution >= 0.6 is 22.6 Å². The first-order valence-corrected chi connectivity index (χ1v) is 8.41. The van der Waals surface area contributed by atoms with Gasteiger partial charge in [0.05, 0.1) is 0 Å². The molecule has 0 bridgehead atoms. The number of carbonyl (C=O) groups is 1. The minimum Gasteiger partial charge on any atom is -0.410 e. The molecule has 0 saturated carbocycles. The van der Waals surface area contributed by atoms with Gasteiger partial charge in [0.25, 0.3) is 0 Å². The molecule has 1 aromatic rings. The Kier molecular flexibility index (Phi) is 9.38. The van der Waals surface area contributed by atoms with E-state index in [2.05, 4.69) is 46.7 Å². The highest BCUT2D eigenvalue weighted by atomic mass is 127. The van der Waals surface area contributed by atoms with Gasteiger partial charge in [0.15, 0.2) is 0 Å². The molecule has 0 saturated heterocycles. The summed E-state index contributed by atoms with van der Waals surface area (Å²) in [6, 6.07) is 5.91. The summed E-state index contributed by atoms with van der Waals surface area (Å²) in [4.78, 5) is 15.4. The van der Waals surface area contributed by atoms with E-state index < -0.39 is 6.09 Å². The molecule has 0 radical (unpaired) electrons. The number of hydrogen-bond acceptors (Lipinski definition) is 3. The molecule has 1 rings (SSSR count). The number of alkyl halides is 1. The molecule has 5 heteroatoms. The van der Waals surface area contributed by atoms with Crippen molar-refractivity contribution in [1.29, 1.82) is 0 Å². The van der Waals surface area contributed by atoms with Crippen LogP contribution in [0.25, 0.3) is 0 Å². The quantitative estimate of drug-likeness (QED) is 0.643. The average Bonchev–Trinajstić information content (AvgIpc) is 2.45. The van der Waals surface area contributed by atoms with Crippen molar-refractivity contribution in [2.75, 3.05) is 30.0 Å². The van der Waals surface area contributed by atoms with Crippen LogP contribution in [0.5, 0.6) is 5.75 Å². The van der Waals surface area contributed by atoms with Crippen molar-refractivity contribution < 1.29 is 9.53 Å². The molecule has 1 amide bonds. The molecule has 0 spiro atoms. The monoisotopic (exact) mass is 378 g/mol. The van der Waals surface area contributed by atoms with Crippen LogP contribution in [0.1, 0.15) is 19.4 Å². The lowest BCUT2D eigenvalue weighted by Crippen LogP contribution is -2.24. The number of ether oxygens (including phenoxy) is 1. The largest absolute Gasteiger partial charge is 0.412 e. The molecule has 0 heterocycles. The van der Waals surface area contributed by atoms with Gasteiger partial charge in [0, 0.05) is 31.9 Å². The molecule has 0 aliphatic carbocycles. The molecule has 0 aliphatic rings. The number of aryl methyl sites for hydroxylation is 1.